The number of carbonyl (C=O) groups is 2. The summed E-state index contributed by atoms with van der Waals surface area (Å²) in [7, 11) is 2.43. The molecule has 0 saturated carbocycles. The van der Waals surface area contributed by atoms with Gasteiger partial charge >= 0.3 is 11.9 Å². The van der Waals surface area contributed by atoms with Crippen molar-refractivity contribution in [1.29, 1.82) is 0 Å². The van der Waals surface area contributed by atoms with E-state index in [0.29, 0.717) is 11.3 Å². The van der Waals surface area contributed by atoms with Gasteiger partial charge in [0.25, 0.3) is 0 Å². The van der Waals surface area contributed by atoms with Crippen molar-refractivity contribution < 1.29 is 19.1 Å². The Kier molecular flexibility index (Phi) is 5.48. The molecule has 3 rings (SSSR count). The molecule has 0 saturated heterocycles. The summed E-state index contributed by atoms with van der Waals surface area (Å²) in [5, 5.41) is 5.02. The molecule has 0 bridgehead atoms. The van der Waals surface area contributed by atoms with Gasteiger partial charge in [0, 0.05) is 5.56 Å². The van der Waals surface area contributed by atoms with E-state index in [9.17, 15) is 9.59 Å². The number of benzene rings is 2. The zero-order valence-corrected chi connectivity index (χ0v) is 15.9. The topological polar surface area (TPSA) is 70.4 Å². The van der Waals surface area contributed by atoms with Gasteiger partial charge in [-0.3, -0.25) is 0 Å². The van der Waals surface area contributed by atoms with E-state index in [2.05, 4.69) is 5.10 Å². The molecule has 0 unspecified atom stereocenters. The molecule has 0 N–H and O–H groups in total. The molecule has 8 heteroatoms. The van der Waals surface area contributed by atoms with E-state index in [0.717, 1.165) is 0 Å². The second-order valence-electron chi connectivity index (χ2n) is 5.40. The molecule has 0 amide bonds. The van der Waals surface area contributed by atoms with Crippen LogP contribution in [0.25, 0.3) is 16.9 Å². The maximum Gasteiger partial charge on any atom is 0.357 e. The van der Waals surface area contributed by atoms with Crippen molar-refractivity contribution in [2.24, 2.45) is 0 Å². The standard InChI is InChI=1S/C19H14Cl2N2O4/c1-26-18(24)15-16(14-12(20)9-6-10-13(14)21)22-23(17(15)19(25)27-2)11-7-4-3-5-8-11/h3-10H,1-2H3. The zero-order chi connectivity index (χ0) is 19.6. The van der Waals surface area contributed by atoms with Crippen molar-refractivity contribution in [2.45, 2.75) is 0 Å². The van der Waals surface area contributed by atoms with Crippen LogP contribution in [0.5, 0.6) is 0 Å². The molecule has 0 spiro atoms. The fourth-order valence-corrected chi connectivity index (χ4v) is 3.23. The van der Waals surface area contributed by atoms with Gasteiger partial charge in [0.15, 0.2) is 5.69 Å². The Balaban J connectivity index is 2.42. The van der Waals surface area contributed by atoms with Crippen LogP contribution in [0.15, 0.2) is 48.5 Å². The van der Waals surface area contributed by atoms with E-state index in [4.69, 9.17) is 32.7 Å². The van der Waals surface area contributed by atoms with E-state index in [1.807, 2.05) is 6.07 Å². The summed E-state index contributed by atoms with van der Waals surface area (Å²) in [4.78, 5) is 25.1. The Morgan fingerprint density at radius 1 is 0.889 bits per heavy atom. The Bertz CT molecular complexity index is 996. The van der Waals surface area contributed by atoms with Crippen molar-refractivity contribution in [2.75, 3.05) is 14.2 Å². The van der Waals surface area contributed by atoms with Crippen LogP contribution in [-0.2, 0) is 9.47 Å². The second-order valence-corrected chi connectivity index (χ2v) is 6.21. The summed E-state index contributed by atoms with van der Waals surface area (Å²) in [6.07, 6.45) is 0. The minimum atomic E-state index is -0.761. The Morgan fingerprint density at radius 3 is 2.04 bits per heavy atom. The van der Waals surface area contributed by atoms with E-state index in [1.165, 1.54) is 18.9 Å². The van der Waals surface area contributed by atoms with Gasteiger partial charge in [-0.1, -0.05) is 47.5 Å². The van der Waals surface area contributed by atoms with Crippen molar-refractivity contribution in [3.63, 3.8) is 0 Å². The lowest BCUT2D eigenvalue weighted by atomic mass is 10.1. The number of aromatic nitrogens is 2. The quantitative estimate of drug-likeness (QED) is 0.601. The van der Waals surface area contributed by atoms with E-state index >= 15 is 0 Å². The minimum Gasteiger partial charge on any atom is -0.465 e. The van der Waals surface area contributed by atoms with Gasteiger partial charge in [0.1, 0.15) is 11.3 Å². The van der Waals surface area contributed by atoms with Crippen LogP contribution in [0.4, 0.5) is 0 Å². The molecule has 6 nitrogen and oxygen atoms in total. The SMILES string of the molecule is COC(=O)c1c(-c2c(Cl)cccc2Cl)nn(-c2ccccc2)c1C(=O)OC. The predicted molar refractivity (Wildman–Crippen MR) is 102 cm³/mol. The predicted octanol–water partition coefficient (Wildman–Crippen LogP) is 4.42. The number of methoxy groups -OCH3 is 2. The fraction of sp³-hybridized carbons (Fsp3) is 0.105. The highest BCUT2D eigenvalue weighted by molar-refractivity contribution is 6.39. The summed E-state index contributed by atoms with van der Waals surface area (Å²) in [5.41, 5.74) is 0.838. The molecule has 2 aromatic carbocycles. The number of nitrogens with zero attached hydrogens (tertiary/aromatic N) is 2. The average Bonchev–Trinajstić information content (AvgIpc) is 3.07. The third kappa shape index (κ3) is 3.41. The van der Waals surface area contributed by atoms with Crippen LogP contribution in [-0.4, -0.2) is 35.9 Å². The average molecular weight is 405 g/mol. The molecule has 0 fully saturated rings. The van der Waals surface area contributed by atoms with Crippen molar-refractivity contribution in [3.8, 4) is 16.9 Å². The molecular formula is C19H14Cl2N2O4. The molecule has 0 aliphatic rings. The van der Waals surface area contributed by atoms with Crippen LogP contribution in [0, 0.1) is 0 Å². The maximum absolute atomic E-state index is 12.5. The number of hydrogen-bond acceptors (Lipinski definition) is 5. The number of esters is 2. The summed E-state index contributed by atoms with van der Waals surface area (Å²) in [6.45, 7) is 0. The molecule has 0 atom stereocenters. The largest absolute Gasteiger partial charge is 0.465 e. The summed E-state index contributed by atoms with van der Waals surface area (Å²) in [5.74, 6) is -1.51. The monoisotopic (exact) mass is 404 g/mol. The lowest BCUT2D eigenvalue weighted by molar-refractivity contribution is 0.0549. The number of halogens is 2. The first-order valence-corrected chi connectivity index (χ1v) is 8.54. The summed E-state index contributed by atoms with van der Waals surface area (Å²) >= 11 is 12.6. The Hall–Kier alpha value is -2.83. The molecule has 1 heterocycles. The number of ether oxygens (including phenoxy) is 2. The maximum atomic E-state index is 12.5. The first-order chi connectivity index (χ1) is 13.0. The van der Waals surface area contributed by atoms with Gasteiger partial charge in [-0.2, -0.15) is 5.10 Å². The molecule has 0 aliphatic heterocycles. The lowest BCUT2D eigenvalue weighted by Crippen LogP contribution is -2.15. The van der Waals surface area contributed by atoms with Crippen LogP contribution >= 0.6 is 23.2 Å². The molecule has 138 valence electrons. The number of hydrogen-bond donors (Lipinski definition) is 0. The van der Waals surface area contributed by atoms with Gasteiger partial charge < -0.3 is 9.47 Å². The third-order valence-corrected chi connectivity index (χ3v) is 4.48. The van der Waals surface area contributed by atoms with Gasteiger partial charge in [-0.05, 0) is 24.3 Å². The first-order valence-electron chi connectivity index (χ1n) is 7.79. The first kappa shape index (κ1) is 18.9. The van der Waals surface area contributed by atoms with Crippen molar-refractivity contribution in [3.05, 3.63) is 69.8 Å². The van der Waals surface area contributed by atoms with Gasteiger partial charge in [-0.15, -0.1) is 0 Å². The van der Waals surface area contributed by atoms with Crippen molar-refractivity contribution >= 4 is 35.1 Å². The summed E-state index contributed by atoms with van der Waals surface area (Å²) < 4.78 is 11.1. The van der Waals surface area contributed by atoms with E-state index in [1.54, 1.807) is 42.5 Å². The van der Waals surface area contributed by atoms with Crippen LogP contribution in [0.2, 0.25) is 10.0 Å². The summed E-state index contributed by atoms with van der Waals surface area (Å²) in [6, 6.07) is 13.7. The van der Waals surface area contributed by atoms with Gasteiger partial charge in [0.05, 0.1) is 30.0 Å². The zero-order valence-electron chi connectivity index (χ0n) is 14.4. The third-order valence-electron chi connectivity index (χ3n) is 3.85. The molecule has 3 aromatic rings. The highest BCUT2D eigenvalue weighted by atomic mass is 35.5. The fourth-order valence-electron chi connectivity index (χ4n) is 2.65. The van der Waals surface area contributed by atoms with Crippen LogP contribution in [0.1, 0.15) is 20.8 Å². The highest BCUT2D eigenvalue weighted by Gasteiger charge is 2.32. The molecule has 1 aromatic heterocycles. The highest BCUT2D eigenvalue weighted by Crippen LogP contribution is 2.38. The molecule has 0 aliphatic carbocycles. The Morgan fingerprint density at radius 2 is 1.48 bits per heavy atom. The normalized spacial score (nSPS) is 10.5. The smallest absolute Gasteiger partial charge is 0.357 e. The molecule has 27 heavy (non-hydrogen) atoms. The number of rotatable bonds is 4. The number of carbonyl (C=O) groups excluding carboxylic acids is 2. The van der Waals surface area contributed by atoms with E-state index < -0.39 is 11.9 Å². The van der Waals surface area contributed by atoms with Crippen LogP contribution < -0.4 is 0 Å². The van der Waals surface area contributed by atoms with Crippen LogP contribution in [0.3, 0.4) is 0 Å². The van der Waals surface area contributed by atoms with Gasteiger partial charge in [-0.25, -0.2) is 14.3 Å². The van der Waals surface area contributed by atoms with Crippen molar-refractivity contribution in [1.82, 2.24) is 9.78 Å². The number of para-hydroxylation sites is 1. The lowest BCUT2D eigenvalue weighted by Gasteiger charge is -2.07. The second kappa shape index (κ2) is 7.82. The molecule has 0 radical (unpaired) electrons. The molecular weight excluding hydrogens is 391 g/mol. The Labute approximate surface area is 165 Å². The van der Waals surface area contributed by atoms with Gasteiger partial charge in [0.2, 0.25) is 0 Å². The van der Waals surface area contributed by atoms with E-state index in [-0.39, 0.29) is 27.0 Å². The minimum absolute atomic E-state index is 0.0804.